The molecule has 0 heterocycles. The number of aliphatic hydroxyl groups is 1. The van der Waals surface area contributed by atoms with Gasteiger partial charge >= 0.3 is 0 Å². The average molecular weight is 215 g/mol. The van der Waals surface area contributed by atoms with Crippen molar-refractivity contribution >= 4 is 0 Å². The van der Waals surface area contributed by atoms with Crippen LogP contribution in [0.15, 0.2) is 0 Å². The summed E-state index contributed by atoms with van der Waals surface area (Å²) in [5.74, 6) is 0. The molecule has 0 bridgehead atoms. The van der Waals surface area contributed by atoms with Gasteiger partial charge in [-0.15, -0.1) is 0 Å². The van der Waals surface area contributed by atoms with E-state index in [1.54, 1.807) is 7.11 Å². The lowest BCUT2D eigenvalue weighted by Crippen LogP contribution is -2.64. The number of aliphatic hydroxyl groups excluding tert-OH is 1. The van der Waals surface area contributed by atoms with Gasteiger partial charge in [-0.05, 0) is 26.2 Å². The number of hydrogen-bond acceptors (Lipinski definition) is 3. The minimum Gasteiger partial charge on any atom is -0.395 e. The minimum absolute atomic E-state index is 0.185. The number of nitrogens with one attached hydrogen (secondary N) is 1. The van der Waals surface area contributed by atoms with Crippen molar-refractivity contribution in [1.82, 2.24) is 5.32 Å². The smallest absolute Gasteiger partial charge is 0.0657 e. The van der Waals surface area contributed by atoms with Crippen LogP contribution < -0.4 is 5.32 Å². The summed E-state index contributed by atoms with van der Waals surface area (Å²) in [6, 6.07) is 0.685. The van der Waals surface area contributed by atoms with Crippen LogP contribution in [0.1, 0.15) is 40.0 Å². The van der Waals surface area contributed by atoms with Crippen LogP contribution in [0.3, 0.4) is 0 Å². The molecule has 1 fully saturated rings. The second-order valence-electron chi connectivity index (χ2n) is 4.70. The highest BCUT2D eigenvalue weighted by atomic mass is 16.5. The molecule has 0 amide bonds. The lowest BCUT2D eigenvalue weighted by molar-refractivity contribution is -0.126. The Morgan fingerprint density at radius 2 is 2.07 bits per heavy atom. The van der Waals surface area contributed by atoms with E-state index in [2.05, 4.69) is 19.2 Å². The van der Waals surface area contributed by atoms with Crippen molar-refractivity contribution in [2.45, 2.75) is 58.2 Å². The van der Waals surface area contributed by atoms with E-state index in [0.29, 0.717) is 12.1 Å². The van der Waals surface area contributed by atoms with E-state index >= 15 is 0 Å². The zero-order valence-corrected chi connectivity index (χ0v) is 10.4. The van der Waals surface area contributed by atoms with E-state index < -0.39 is 0 Å². The maximum absolute atomic E-state index is 9.05. The predicted molar refractivity (Wildman–Crippen MR) is 61.9 cm³/mol. The molecule has 1 aliphatic rings. The summed E-state index contributed by atoms with van der Waals surface area (Å²) in [4.78, 5) is 0. The molecule has 0 aromatic carbocycles. The first kappa shape index (κ1) is 12.9. The van der Waals surface area contributed by atoms with Gasteiger partial charge in [-0.25, -0.2) is 0 Å². The zero-order valence-electron chi connectivity index (χ0n) is 10.4. The van der Waals surface area contributed by atoms with Crippen LogP contribution in [0, 0.1) is 5.41 Å². The number of methoxy groups -OCH3 is 1. The van der Waals surface area contributed by atoms with Crippen molar-refractivity contribution in [3.63, 3.8) is 0 Å². The van der Waals surface area contributed by atoms with Gasteiger partial charge in [-0.2, -0.15) is 0 Å². The molecule has 0 aliphatic heterocycles. The van der Waals surface area contributed by atoms with Crippen molar-refractivity contribution in [2.24, 2.45) is 5.41 Å². The molecule has 3 heteroatoms. The molecule has 2 N–H and O–H groups in total. The summed E-state index contributed by atoms with van der Waals surface area (Å²) in [5, 5.41) is 12.5. The van der Waals surface area contributed by atoms with Crippen LogP contribution in [0.2, 0.25) is 0 Å². The Bertz CT molecular complexity index is 192. The summed E-state index contributed by atoms with van der Waals surface area (Å²) in [5.41, 5.74) is 0.276. The first-order chi connectivity index (χ1) is 7.14. The molecule has 15 heavy (non-hydrogen) atoms. The van der Waals surface area contributed by atoms with Crippen LogP contribution in [-0.2, 0) is 4.74 Å². The summed E-state index contributed by atoms with van der Waals surface area (Å²) in [7, 11) is 1.80. The van der Waals surface area contributed by atoms with Crippen molar-refractivity contribution < 1.29 is 9.84 Å². The van der Waals surface area contributed by atoms with E-state index in [-0.39, 0.29) is 18.1 Å². The fourth-order valence-electron chi connectivity index (χ4n) is 2.91. The normalized spacial score (nSPS) is 31.0. The molecule has 0 saturated heterocycles. The summed E-state index contributed by atoms with van der Waals surface area (Å²) >= 11 is 0. The predicted octanol–water partition coefficient (Wildman–Crippen LogP) is 1.55. The molecule has 1 aliphatic carbocycles. The maximum Gasteiger partial charge on any atom is 0.0657 e. The van der Waals surface area contributed by atoms with Gasteiger partial charge in [0.15, 0.2) is 0 Å². The summed E-state index contributed by atoms with van der Waals surface area (Å²) < 4.78 is 5.53. The van der Waals surface area contributed by atoms with Crippen molar-refractivity contribution in [3.8, 4) is 0 Å². The molecule has 1 rings (SSSR count). The van der Waals surface area contributed by atoms with E-state index in [4.69, 9.17) is 9.84 Å². The Kier molecular flexibility index (Phi) is 4.56. The lowest BCUT2D eigenvalue weighted by Gasteiger charge is -2.56. The first-order valence-corrected chi connectivity index (χ1v) is 6.04. The lowest BCUT2D eigenvalue weighted by atomic mass is 9.58. The molecule has 0 radical (unpaired) electrons. The van der Waals surface area contributed by atoms with Gasteiger partial charge in [0.25, 0.3) is 0 Å². The first-order valence-electron chi connectivity index (χ1n) is 6.04. The Morgan fingerprint density at radius 3 is 2.47 bits per heavy atom. The molecule has 3 atom stereocenters. The molecule has 0 spiro atoms. The Hall–Kier alpha value is -0.120. The van der Waals surface area contributed by atoms with E-state index in [1.165, 1.54) is 0 Å². The van der Waals surface area contributed by atoms with E-state index in [0.717, 1.165) is 19.3 Å². The summed E-state index contributed by atoms with van der Waals surface area (Å²) in [6.07, 6.45) is 3.73. The minimum atomic E-state index is 0.185. The van der Waals surface area contributed by atoms with Gasteiger partial charge in [0, 0.05) is 24.6 Å². The maximum atomic E-state index is 9.05. The van der Waals surface area contributed by atoms with Gasteiger partial charge in [0.05, 0.1) is 12.7 Å². The van der Waals surface area contributed by atoms with Crippen LogP contribution in [-0.4, -0.2) is 37.0 Å². The standard InChI is InChI=1S/C12H25NO2/c1-5-12(6-2)10(7-11(12)15-4)13-9(3)8-14/h9-11,13-14H,5-8H2,1-4H3. The van der Waals surface area contributed by atoms with Gasteiger partial charge in [0.1, 0.15) is 0 Å². The van der Waals surface area contributed by atoms with Crippen molar-refractivity contribution in [2.75, 3.05) is 13.7 Å². The number of rotatable bonds is 6. The summed E-state index contributed by atoms with van der Waals surface area (Å²) in [6.45, 7) is 6.69. The van der Waals surface area contributed by atoms with Gasteiger partial charge in [0.2, 0.25) is 0 Å². The molecule has 0 aromatic heterocycles. The third-order valence-electron chi connectivity index (χ3n) is 4.15. The second-order valence-corrected chi connectivity index (χ2v) is 4.70. The largest absolute Gasteiger partial charge is 0.395 e. The fraction of sp³-hybridized carbons (Fsp3) is 1.00. The highest BCUT2D eigenvalue weighted by molar-refractivity contribution is 5.07. The monoisotopic (exact) mass is 215 g/mol. The number of ether oxygens (including phenoxy) is 1. The number of hydrogen-bond donors (Lipinski definition) is 2. The van der Waals surface area contributed by atoms with E-state index in [9.17, 15) is 0 Å². The quantitative estimate of drug-likeness (QED) is 0.706. The molecule has 3 unspecified atom stereocenters. The van der Waals surface area contributed by atoms with Crippen molar-refractivity contribution in [3.05, 3.63) is 0 Å². The second kappa shape index (κ2) is 5.28. The Morgan fingerprint density at radius 1 is 1.47 bits per heavy atom. The molecule has 3 nitrogen and oxygen atoms in total. The van der Waals surface area contributed by atoms with Crippen LogP contribution in [0.4, 0.5) is 0 Å². The fourth-order valence-corrected chi connectivity index (χ4v) is 2.91. The molecular formula is C12H25NO2. The van der Waals surface area contributed by atoms with Gasteiger partial charge in [-0.1, -0.05) is 13.8 Å². The van der Waals surface area contributed by atoms with Crippen LogP contribution >= 0.6 is 0 Å². The van der Waals surface area contributed by atoms with Crippen LogP contribution in [0.25, 0.3) is 0 Å². The van der Waals surface area contributed by atoms with Crippen LogP contribution in [0.5, 0.6) is 0 Å². The SMILES string of the molecule is CCC1(CC)C(NC(C)CO)CC1OC. The Labute approximate surface area is 93.2 Å². The highest BCUT2D eigenvalue weighted by Crippen LogP contribution is 2.48. The third-order valence-corrected chi connectivity index (χ3v) is 4.15. The average Bonchev–Trinajstić information content (AvgIpc) is 2.25. The molecule has 0 aromatic rings. The van der Waals surface area contributed by atoms with Crippen molar-refractivity contribution in [1.29, 1.82) is 0 Å². The van der Waals surface area contributed by atoms with Gasteiger partial charge < -0.3 is 15.2 Å². The van der Waals surface area contributed by atoms with E-state index in [1.807, 2.05) is 6.92 Å². The molecular weight excluding hydrogens is 190 g/mol. The highest BCUT2D eigenvalue weighted by Gasteiger charge is 2.52. The third kappa shape index (κ3) is 2.19. The zero-order chi connectivity index (χ0) is 11.5. The Balaban J connectivity index is 2.60. The molecule has 1 saturated carbocycles. The topological polar surface area (TPSA) is 41.5 Å². The van der Waals surface area contributed by atoms with Gasteiger partial charge in [-0.3, -0.25) is 0 Å². The molecule has 90 valence electrons.